The fourth-order valence-electron chi connectivity index (χ4n) is 8.24. The first-order valence-corrected chi connectivity index (χ1v) is 18.7. The molecular formula is C40H41F3N10O3. The lowest BCUT2D eigenvalue weighted by Crippen LogP contribution is -2.52. The van der Waals surface area contributed by atoms with Gasteiger partial charge in [-0.25, -0.2) is 33.1 Å². The molecule has 2 N–H and O–H groups in total. The van der Waals surface area contributed by atoms with Crippen molar-refractivity contribution in [2.45, 2.75) is 77.7 Å². The molecule has 16 heteroatoms. The minimum atomic E-state index is -0.797. The lowest BCUT2D eigenvalue weighted by Gasteiger charge is -2.37. The van der Waals surface area contributed by atoms with E-state index in [0.29, 0.717) is 29.3 Å². The van der Waals surface area contributed by atoms with Crippen LogP contribution >= 0.6 is 0 Å². The molecule has 2 saturated heterocycles. The van der Waals surface area contributed by atoms with Crippen molar-refractivity contribution in [3.05, 3.63) is 88.8 Å². The van der Waals surface area contributed by atoms with Crippen LogP contribution in [0.15, 0.2) is 48.8 Å². The Hall–Kier alpha value is -5.90. The highest BCUT2D eigenvalue weighted by atomic mass is 19.1. The van der Waals surface area contributed by atoms with Crippen LogP contribution in [-0.2, 0) is 22.7 Å². The molecule has 3 amide bonds. The lowest BCUT2D eigenvalue weighted by molar-refractivity contribution is -0.136. The molecule has 1 unspecified atom stereocenters. The van der Waals surface area contributed by atoms with Crippen LogP contribution in [0.1, 0.15) is 72.9 Å². The summed E-state index contributed by atoms with van der Waals surface area (Å²) in [5, 5.41) is 5.31. The van der Waals surface area contributed by atoms with E-state index in [9.17, 15) is 14.4 Å². The number of aryl methyl sites for hydroxylation is 1. The number of carbonyl (C=O) groups excluding carboxylic acids is 3. The van der Waals surface area contributed by atoms with Gasteiger partial charge in [0, 0.05) is 50.2 Å². The van der Waals surface area contributed by atoms with Gasteiger partial charge in [-0.2, -0.15) is 0 Å². The molecule has 3 aliphatic heterocycles. The average Bonchev–Trinajstić information content (AvgIpc) is 3.68. The van der Waals surface area contributed by atoms with Gasteiger partial charge in [0.05, 0.1) is 29.2 Å². The van der Waals surface area contributed by atoms with Gasteiger partial charge in [-0.3, -0.25) is 24.6 Å². The number of anilines is 3. The molecule has 5 aromatic rings. The highest BCUT2D eigenvalue weighted by Gasteiger charge is 2.40. The Labute approximate surface area is 320 Å². The van der Waals surface area contributed by atoms with Crippen molar-refractivity contribution in [2.75, 3.05) is 30.4 Å². The van der Waals surface area contributed by atoms with Crippen LogP contribution in [0.4, 0.5) is 30.6 Å². The van der Waals surface area contributed by atoms with E-state index in [-0.39, 0.29) is 65.7 Å². The van der Waals surface area contributed by atoms with E-state index in [0.717, 1.165) is 43.4 Å². The third-order valence-electron chi connectivity index (χ3n) is 11.0. The number of piperidine rings is 2. The fraction of sp³-hybridized carbons (Fsp3) is 0.375. The van der Waals surface area contributed by atoms with Crippen LogP contribution in [0.25, 0.3) is 22.3 Å². The molecule has 0 bridgehead atoms. The first kappa shape index (κ1) is 37.0. The molecule has 8 rings (SSSR count). The SMILES string of the molecule is Cc1nc2c(F)cc(-c3nc(Nc4ccc(N5CCC(N(C)Cc6cc(F)c7c(c6)CN(C6CCC(=O)NC6=O)C7=O)CC5)cn4)ncc3F)cc2n1C(C)C. The summed E-state index contributed by atoms with van der Waals surface area (Å²) < 4.78 is 47.4. The van der Waals surface area contributed by atoms with Crippen molar-refractivity contribution >= 4 is 46.2 Å². The van der Waals surface area contributed by atoms with E-state index in [1.807, 2.05) is 44.5 Å². The van der Waals surface area contributed by atoms with Gasteiger partial charge in [0.25, 0.3) is 5.91 Å². The second-order valence-corrected chi connectivity index (χ2v) is 15.0. The molecule has 290 valence electrons. The highest BCUT2D eigenvalue weighted by molar-refractivity contribution is 6.05. The summed E-state index contributed by atoms with van der Waals surface area (Å²) in [6.45, 7) is 7.92. The summed E-state index contributed by atoms with van der Waals surface area (Å²) in [5.74, 6) is -2.04. The van der Waals surface area contributed by atoms with Crippen LogP contribution < -0.4 is 15.5 Å². The Morgan fingerprint density at radius 1 is 0.946 bits per heavy atom. The number of hydrogen-bond donors (Lipinski definition) is 2. The van der Waals surface area contributed by atoms with Crippen molar-refractivity contribution < 1.29 is 27.6 Å². The molecule has 3 aliphatic rings. The second kappa shape index (κ2) is 14.6. The zero-order chi connectivity index (χ0) is 39.4. The summed E-state index contributed by atoms with van der Waals surface area (Å²) >= 11 is 0. The van der Waals surface area contributed by atoms with Crippen LogP contribution in [0.5, 0.6) is 0 Å². The molecular weight excluding hydrogens is 726 g/mol. The third kappa shape index (κ3) is 6.93. The summed E-state index contributed by atoms with van der Waals surface area (Å²) in [5.41, 5.74) is 3.23. The number of nitrogens with one attached hydrogen (secondary N) is 2. The zero-order valence-electron chi connectivity index (χ0n) is 31.4. The van der Waals surface area contributed by atoms with Crippen molar-refractivity contribution in [1.29, 1.82) is 0 Å². The van der Waals surface area contributed by atoms with Gasteiger partial charge in [0.1, 0.15) is 34.7 Å². The van der Waals surface area contributed by atoms with Crippen molar-refractivity contribution in [1.82, 2.24) is 39.6 Å². The number of pyridine rings is 1. The topological polar surface area (TPSA) is 141 Å². The Morgan fingerprint density at radius 3 is 2.45 bits per heavy atom. The molecule has 0 radical (unpaired) electrons. The van der Waals surface area contributed by atoms with E-state index in [1.54, 1.807) is 18.3 Å². The number of fused-ring (bicyclic) bond motifs is 2. The Kier molecular flexibility index (Phi) is 9.68. The van der Waals surface area contributed by atoms with Gasteiger partial charge in [0.2, 0.25) is 17.8 Å². The van der Waals surface area contributed by atoms with Crippen molar-refractivity contribution in [3.63, 3.8) is 0 Å². The van der Waals surface area contributed by atoms with Gasteiger partial charge >= 0.3 is 0 Å². The summed E-state index contributed by atoms with van der Waals surface area (Å²) in [6.07, 6.45) is 4.88. The van der Waals surface area contributed by atoms with E-state index >= 15 is 13.2 Å². The number of nitrogens with zero attached hydrogens (tertiary/aromatic N) is 8. The van der Waals surface area contributed by atoms with Gasteiger partial charge in [-0.15, -0.1) is 0 Å². The lowest BCUT2D eigenvalue weighted by atomic mass is 10.0. The summed E-state index contributed by atoms with van der Waals surface area (Å²) in [7, 11) is 2.01. The number of aromatic nitrogens is 5. The maximum absolute atomic E-state index is 15.3. The largest absolute Gasteiger partial charge is 0.370 e. The number of amides is 3. The molecule has 0 spiro atoms. The summed E-state index contributed by atoms with van der Waals surface area (Å²) in [6, 6.07) is 9.38. The minimum absolute atomic E-state index is 0.00468. The van der Waals surface area contributed by atoms with E-state index < -0.39 is 35.3 Å². The Balaban J connectivity index is 0.881. The number of imidazole rings is 1. The highest BCUT2D eigenvalue weighted by Crippen LogP contribution is 2.33. The smallest absolute Gasteiger partial charge is 0.258 e. The van der Waals surface area contributed by atoms with Crippen molar-refractivity contribution in [3.8, 4) is 11.3 Å². The van der Waals surface area contributed by atoms with E-state index in [4.69, 9.17) is 0 Å². The fourth-order valence-corrected chi connectivity index (χ4v) is 8.24. The molecule has 6 heterocycles. The minimum Gasteiger partial charge on any atom is -0.370 e. The number of carbonyl (C=O) groups is 3. The summed E-state index contributed by atoms with van der Waals surface area (Å²) in [4.78, 5) is 60.3. The van der Waals surface area contributed by atoms with Crippen LogP contribution in [-0.4, -0.2) is 84.2 Å². The maximum atomic E-state index is 15.3. The second-order valence-electron chi connectivity index (χ2n) is 15.0. The number of rotatable bonds is 9. The van der Waals surface area contributed by atoms with Crippen LogP contribution in [0.2, 0.25) is 0 Å². The Bertz CT molecular complexity index is 2380. The monoisotopic (exact) mass is 766 g/mol. The molecule has 0 aliphatic carbocycles. The number of benzene rings is 2. The average molecular weight is 767 g/mol. The molecule has 2 fully saturated rings. The number of hydrogen-bond acceptors (Lipinski definition) is 10. The predicted octanol–water partition coefficient (Wildman–Crippen LogP) is 5.80. The maximum Gasteiger partial charge on any atom is 0.258 e. The van der Waals surface area contributed by atoms with E-state index in [2.05, 4.69) is 40.4 Å². The van der Waals surface area contributed by atoms with Crippen molar-refractivity contribution in [2.24, 2.45) is 0 Å². The molecule has 2 aromatic carbocycles. The van der Waals surface area contributed by atoms with Crippen LogP contribution in [0.3, 0.4) is 0 Å². The normalized spacial score (nSPS) is 17.7. The number of halogens is 3. The standard InChI is InChI=1S/C40H41F3N10O3/c1-21(2)53-22(3)46-37-29(42)15-24(16-32(37)53)36-30(43)18-45-40(49-36)47-33-7-5-27(17-44-33)51-11-9-26(10-12-51)50(4)19-23-13-25-20-52(39(56)35(25)28(41)14-23)31-6-8-34(54)48-38(31)55/h5,7,13-18,21,26,31H,6,8-12,19-20H2,1-4H3,(H,48,54,55)(H,44,45,47,49). The molecule has 13 nitrogen and oxygen atoms in total. The van der Waals surface area contributed by atoms with Gasteiger partial charge < -0.3 is 19.7 Å². The Morgan fingerprint density at radius 2 is 1.73 bits per heavy atom. The van der Waals surface area contributed by atoms with Gasteiger partial charge in [-0.05, 0) is 88.5 Å². The number of imide groups is 1. The van der Waals surface area contributed by atoms with Gasteiger partial charge in [0.15, 0.2) is 11.6 Å². The van der Waals surface area contributed by atoms with Gasteiger partial charge in [-0.1, -0.05) is 6.07 Å². The molecule has 56 heavy (non-hydrogen) atoms. The third-order valence-corrected chi connectivity index (χ3v) is 11.0. The first-order chi connectivity index (χ1) is 26.8. The predicted molar refractivity (Wildman–Crippen MR) is 202 cm³/mol. The van der Waals surface area contributed by atoms with Crippen LogP contribution in [0, 0.1) is 24.4 Å². The molecule has 1 atom stereocenters. The quantitative estimate of drug-likeness (QED) is 0.177. The first-order valence-electron chi connectivity index (χ1n) is 18.7. The van der Waals surface area contributed by atoms with E-state index in [1.165, 1.54) is 17.0 Å². The zero-order valence-corrected chi connectivity index (χ0v) is 31.4. The molecule has 3 aromatic heterocycles. The molecule has 0 saturated carbocycles.